The van der Waals surface area contributed by atoms with E-state index in [0.717, 1.165) is 16.9 Å². The van der Waals surface area contributed by atoms with E-state index in [1.165, 1.54) is 11.3 Å². The number of carbonyl (C=O) groups is 3. The van der Waals surface area contributed by atoms with Crippen LogP contribution in [0.1, 0.15) is 53.7 Å². The minimum Gasteiger partial charge on any atom is -0.466 e. The van der Waals surface area contributed by atoms with Crippen molar-refractivity contribution in [2.75, 3.05) is 19.7 Å². The maximum atomic E-state index is 12.5. The van der Waals surface area contributed by atoms with Gasteiger partial charge in [0.15, 0.2) is 6.10 Å². The molecule has 0 aromatic carbocycles. The second-order valence-electron chi connectivity index (χ2n) is 6.47. The number of nitrogens with zero attached hydrogens (tertiary/aromatic N) is 1. The summed E-state index contributed by atoms with van der Waals surface area (Å²) in [5, 5.41) is 0. The quantitative estimate of drug-likeness (QED) is 0.709. The summed E-state index contributed by atoms with van der Waals surface area (Å²) in [4.78, 5) is 39.9. The number of likely N-dealkylation sites (tertiary alicyclic amines) is 1. The number of rotatable bonds is 6. The van der Waals surface area contributed by atoms with Crippen molar-refractivity contribution in [1.82, 2.24) is 4.90 Å². The van der Waals surface area contributed by atoms with E-state index in [4.69, 9.17) is 9.47 Å². The van der Waals surface area contributed by atoms with E-state index in [1.807, 2.05) is 19.9 Å². The molecule has 1 amide bonds. The van der Waals surface area contributed by atoms with Gasteiger partial charge < -0.3 is 14.4 Å². The minimum atomic E-state index is -0.839. The second-order valence-corrected chi connectivity index (χ2v) is 7.61. The SMILES string of the molecule is CCOC(=O)C1CCN(C(=O)C(C)OC(=O)c2cc(C)c(CC)s2)CC1. The smallest absolute Gasteiger partial charge is 0.349 e. The van der Waals surface area contributed by atoms with Crippen LogP contribution in [0.2, 0.25) is 0 Å². The van der Waals surface area contributed by atoms with E-state index in [0.29, 0.717) is 37.4 Å². The third-order valence-corrected chi connectivity index (χ3v) is 5.96. The Morgan fingerprint density at radius 3 is 2.46 bits per heavy atom. The fourth-order valence-corrected chi connectivity index (χ4v) is 4.09. The van der Waals surface area contributed by atoms with Gasteiger partial charge in [-0.3, -0.25) is 9.59 Å². The van der Waals surface area contributed by atoms with E-state index >= 15 is 0 Å². The maximum absolute atomic E-state index is 12.5. The molecule has 1 aliphatic heterocycles. The lowest BCUT2D eigenvalue weighted by molar-refractivity contribution is -0.152. The van der Waals surface area contributed by atoms with Crippen molar-refractivity contribution in [2.45, 2.75) is 53.1 Å². The number of hydrogen-bond donors (Lipinski definition) is 0. The molecule has 2 rings (SSSR count). The number of amides is 1. The van der Waals surface area contributed by atoms with Gasteiger partial charge in [0.25, 0.3) is 5.91 Å². The van der Waals surface area contributed by atoms with E-state index in [2.05, 4.69) is 0 Å². The highest BCUT2D eigenvalue weighted by molar-refractivity contribution is 7.14. The van der Waals surface area contributed by atoms with Gasteiger partial charge in [-0.1, -0.05) is 6.92 Å². The van der Waals surface area contributed by atoms with Crippen molar-refractivity contribution in [3.05, 3.63) is 21.4 Å². The molecule has 26 heavy (non-hydrogen) atoms. The average molecular weight is 381 g/mol. The van der Waals surface area contributed by atoms with Gasteiger partial charge in [0.2, 0.25) is 0 Å². The van der Waals surface area contributed by atoms with Gasteiger partial charge >= 0.3 is 11.9 Å². The second kappa shape index (κ2) is 9.16. The molecule has 0 saturated carbocycles. The Balaban J connectivity index is 1.87. The highest BCUT2D eigenvalue weighted by atomic mass is 32.1. The molecule has 1 fully saturated rings. The predicted molar refractivity (Wildman–Crippen MR) is 99.2 cm³/mol. The lowest BCUT2D eigenvalue weighted by atomic mass is 9.97. The molecule has 0 spiro atoms. The molecule has 0 bridgehead atoms. The predicted octanol–water partition coefficient (Wildman–Crippen LogP) is 2.97. The lowest BCUT2D eigenvalue weighted by Crippen LogP contribution is -2.45. The highest BCUT2D eigenvalue weighted by Crippen LogP contribution is 2.24. The van der Waals surface area contributed by atoms with Gasteiger partial charge in [0.05, 0.1) is 12.5 Å². The van der Waals surface area contributed by atoms with Crippen LogP contribution in [0.3, 0.4) is 0 Å². The number of thiophene rings is 1. The van der Waals surface area contributed by atoms with Gasteiger partial charge in [0, 0.05) is 18.0 Å². The van der Waals surface area contributed by atoms with Crippen molar-refractivity contribution >= 4 is 29.2 Å². The van der Waals surface area contributed by atoms with Crippen LogP contribution in [0, 0.1) is 12.8 Å². The molecule has 0 N–H and O–H groups in total. The topological polar surface area (TPSA) is 72.9 Å². The largest absolute Gasteiger partial charge is 0.466 e. The molecule has 1 aliphatic rings. The normalized spacial score (nSPS) is 16.2. The Hall–Kier alpha value is -1.89. The Labute approximate surface area is 158 Å². The zero-order valence-corrected chi connectivity index (χ0v) is 16.7. The van der Waals surface area contributed by atoms with Crippen LogP contribution in [0.15, 0.2) is 6.07 Å². The molecule has 1 aromatic heterocycles. The van der Waals surface area contributed by atoms with Crippen LogP contribution in [0.5, 0.6) is 0 Å². The Morgan fingerprint density at radius 2 is 1.92 bits per heavy atom. The molecule has 0 radical (unpaired) electrons. The number of hydrogen-bond acceptors (Lipinski definition) is 6. The molecule has 0 aliphatic carbocycles. The van der Waals surface area contributed by atoms with E-state index in [9.17, 15) is 14.4 Å². The van der Waals surface area contributed by atoms with Gasteiger partial charge in [-0.25, -0.2) is 4.79 Å². The first-order valence-electron chi connectivity index (χ1n) is 9.13. The van der Waals surface area contributed by atoms with Crippen LogP contribution in [-0.4, -0.2) is 48.5 Å². The number of piperidine rings is 1. The molecule has 7 heteroatoms. The Kier molecular flexibility index (Phi) is 7.20. The first-order valence-corrected chi connectivity index (χ1v) is 9.94. The van der Waals surface area contributed by atoms with Crippen LogP contribution in [-0.2, 0) is 25.5 Å². The summed E-state index contributed by atoms with van der Waals surface area (Å²) < 4.78 is 10.4. The van der Waals surface area contributed by atoms with Crippen LogP contribution < -0.4 is 0 Å². The number of carbonyl (C=O) groups excluding carboxylic acids is 3. The van der Waals surface area contributed by atoms with Gasteiger partial charge in [-0.05, 0) is 51.7 Å². The van der Waals surface area contributed by atoms with E-state index in [-0.39, 0.29) is 17.8 Å². The first-order chi connectivity index (χ1) is 12.4. The first kappa shape index (κ1) is 20.4. The zero-order valence-electron chi connectivity index (χ0n) is 15.9. The standard InChI is InChI=1S/C19H27NO5S/c1-5-15-12(3)11-16(26-15)19(23)25-13(4)17(21)20-9-7-14(8-10-20)18(22)24-6-2/h11,13-14H,5-10H2,1-4H3. The van der Waals surface area contributed by atoms with Crippen molar-refractivity contribution in [3.8, 4) is 0 Å². The number of esters is 2. The van der Waals surface area contributed by atoms with Gasteiger partial charge in [-0.2, -0.15) is 0 Å². The molecule has 6 nitrogen and oxygen atoms in total. The van der Waals surface area contributed by atoms with E-state index < -0.39 is 12.1 Å². The van der Waals surface area contributed by atoms with E-state index in [1.54, 1.807) is 18.7 Å². The monoisotopic (exact) mass is 381 g/mol. The Morgan fingerprint density at radius 1 is 1.27 bits per heavy atom. The van der Waals surface area contributed by atoms with Crippen LogP contribution in [0.4, 0.5) is 0 Å². The van der Waals surface area contributed by atoms with Crippen molar-refractivity contribution in [1.29, 1.82) is 0 Å². The summed E-state index contributed by atoms with van der Waals surface area (Å²) in [5.41, 5.74) is 1.07. The average Bonchev–Trinajstić information content (AvgIpc) is 3.02. The van der Waals surface area contributed by atoms with Crippen LogP contribution >= 0.6 is 11.3 Å². The van der Waals surface area contributed by atoms with Crippen molar-refractivity contribution in [3.63, 3.8) is 0 Å². The third-order valence-electron chi connectivity index (χ3n) is 4.60. The summed E-state index contributed by atoms with van der Waals surface area (Å²) >= 11 is 1.41. The Bertz CT molecular complexity index is 661. The molecule has 1 aromatic rings. The number of ether oxygens (including phenoxy) is 2. The molecular formula is C19H27NO5S. The molecular weight excluding hydrogens is 354 g/mol. The molecule has 1 saturated heterocycles. The fraction of sp³-hybridized carbons (Fsp3) is 0.632. The summed E-state index contributed by atoms with van der Waals surface area (Å²) in [5.74, 6) is -1.03. The maximum Gasteiger partial charge on any atom is 0.349 e. The van der Waals surface area contributed by atoms with Crippen molar-refractivity contribution in [2.24, 2.45) is 5.92 Å². The zero-order chi connectivity index (χ0) is 19.3. The molecule has 144 valence electrons. The molecule has 1 unspecified atom stereocenters. The lowest BCUT2D eigenvalue weighted by Gasteiger charge is -2.32. The summed E-state index contributed by atoms with van der Waals surface area (Å²) in [6.45, 7) is 8.70. The molecule has 2 heterocycles. The summed E-state index contributed by atoms with van der Waals surface area (Å²) in [7, 11) is 0. The van der Waals surface area contributed by atoms with Crippen LogP contribution in [0.25, 0.3) is 0 Å². The van der Waals surface area contributed by atoms with Gasteiger partial charge in [-0.15, -0.1) is 11.3 Å². The molecule has 1 atom stereocenters. The summed E-state index contributed by atoms with van der Waals surface area (Å²) in [6, 6.07) is 1.81. The van der Waals surface area contributed by atoms with Gasteiger partial charge in [0.1, 0.15) is 4.88 Å². The summed E-state index contributed by atoms with van der Waals surface area (Å²) in [6.07, 6.45) is 1.19. The fourth-order valence-electron chi connectivity index (χ4n) is 3.09. The highest BCUT2D eigenvalue weighted by Gasteiger charge is 2.31. The number of aryl methyl sites for hydroxylation is 2. The van der Waals surface area contributed by atoms with Crippen molar-refractivity contribution < 1.29 is 23.9 Å². The minimum absolute atomic E-state index is 0.154. The third kappa shape index (κ3) is 4.84.